The van der Waals surface area contributed by atoms with Gasteiger partial charge in [0, 0.05) is 0 Å². The van der Waals surface area contributed by atoms with Gasteiger partial charge in [0.15, 0.2) is 0 Å². The predicted molar refractivity (Wildman–Crippen MR) is 108 cm³/mol. The summed E-state index contributed by atoms with van der Waals surface area (Å²) in [4.78, 5) is 24.6. The van der Waals surface area contributed by atoms with E-state index in [4.69, 9.17) is 5.73 Å². The summed E-state index contributed by atoms with van der Waals surface area (Å²) in [6.45, 7) is 9.83. The second-order valence-electron chi connectivity index (χ2n) is 8.01. The molecule has 0 aromatic heterocycles. The summed E-state index contributed by atoms with van der Waals surface area (Å²) < 4.78 is 0. The van der Waals surface area contributed by atoms with E-state index in [-0.39, 0.29) is 42.7 Å². The van der Waals surface area contributed by atoms with E-state index in [1.807, 2.05) is 34.6 Å². The van der Waals surface area contributed by atoms with Crippen molar-refractivity contribution in [1.82, 2.24) is 10.6 Å². The number of aliphatic hydroxyl groups excluding tert-OH is 2. The lowest BCUT2D eigenvalue weighted by Gasteiger charge is -2.28. The Morgan fingerprint density at radius 2 is 1.70 bits per heavy atom. The van der Waals surface area contributed by atoms with Gasteiger partial charge in [-0.2, -0.15) is 0 Å². The molecular weight excluding hydrogens is 346 g/mol. The molecule has 2 amide bonds. The van der Waals surface area contributed by atoms with Crippen LogP contribution in [-0.4, -0.2) is 52.9 Å². The van der Waals surface area contributed by atoms with Crippen molar-refractivity contribution in [2.75, 3.05) is 6.61 Å². The number of aliphatic hydroxyl groups is 2. The molecule has 0 fully saturated rings. The van der Waals surface area contributed by atoms with Crippen molar-refractivity contribution in [3.05, 3.63) is 0 Å². The van der Waals surface area contributed by atoms with Gasteiger partial charge in [0.25, 0.3) is 0 Å². The van der Waals surface area contributed by atoms with Gasteiger partial charge in [0.1, 0.15) is 0 Å². The maximum absolute atomic E-state index is 12.3. The van der Waals surface area contributed by atoms with Gasteiger partial charge in [-0.1, -0.05) is 53.9 Å². The Balaban J connectivity index is 4.83. The first-order valence-electron chi connectivity index (χ1n) is 10.3. The average Bonchev–Trinajstić information content (AvgIpc) is 2.62. The van der Waals surface area contributed by atoms with Crippen LogP contribution in [0.2, 0.25) is 0 Å². The topological polar surface area (TPSA) is 125 Å². The molecule has 27 heavy (non-hydrogen) atoms. The zero-order valence-electron chi connectivity index (χ0n) is 17.7. The van der Waals surface area contributed by atoms with Crippen LogP contribution < -0.4 is 16.4 Å². The fraction of sp³-hybridized carbons (Fsp3) is 0.900. The summed E-state index contributed by atoms with van der Waals surface area (Å²) in [6.07, 6.45) is 2.67. The third-order valence-corrected chi connectivity index (χ3v) is 4.99. The Hall–Kier alpha value is -1.18. The second-order valence-corrected chi connectivity index (χ2v) is 8.01. The van der Waals surface area contributed by atoms with E-state index >= 15 is 0 Å². The number of nitrogens with one attached hydrogen (secondary N) is 2. The van der Waals surface area contributed by atoms with Crippen molar-refractivity contribution in [3.63, 3.8) is 0 Å². The molecule has 0 aliphatic rings. The summed E-state index contributed by atoms with van der Waals surface area (Å²) in [5.41, 5.74) is 5.92. The van der Waals surface area contributed by atoms with E-state index in [1.54, 1.807) is 0 Å². The fourth-order valence-electron chi connectivity index (χ4n) is 2.92. The molecular formula is C20H41N3O4. The van der Waals surface area contributed by atoms with Crippen molar-refractivity contribution in [3.8, 4) is 0 Å². The highest BCUT2D eigenvalue weighted by molar-refractivity contribution is 5.82. The minimum atomic E-state index is -1.01. The molecule has 0 saturated heterocycles. The molecule has 7 nitrogen and oxygen atoms in total. The Morgan fingerprint density at radius 3 is 2.19 bits per heavy atom. The molecule has 0 aromatic rings. The van der Waals surface area contributed by atoms with E-state index in [1.165, 1.54) is 0 Å². The van der Waals surface area contributed by atoms with Gasteiger partial charge in [-0.3, -0.25) is 9.59 Å². The van der Waals surface area contributed by atoms with Crippen LogP contribution in [0, 0.1) is 11.8 Å². The van der Waals surface area contributed by atoms with Gasteiger partial charge < -0.3 is 26.6 Å². The first-order chi connectivity index (χ1) is 12.7. The van der Waals surface area contributed by atoms with Crippen LogP contribution in [0.15, 0.2) is 0 Å². The molecule has 5 atom stereocenters. The van der Waals surface area contributed by atoms with Gasteiger partial charge >= 0.3 is 0 Å². The summed E-state index contributed by atoms with van der Waals surface area (Å²) in [6, 6.07) is -1.48. The number of rotatable bonds is 14. The number of amides is 2. The smallest absolute Gasteiger partial charge is 0.237 e. The minimum absolute atomic E-state index is 0.130. The third-order valence-electron chi connectivity index (χ3n) is 4.99. The highest BCUT2D eigenvalue weighted by Gasteiger charge is 2.27. The molecule has 0 bridgehead atoms. The third kappa shape index (κ3) is 10.7. The molecule has 6 N–H and O–H groups in total. The van der Waals surface area contributed by atoms with Crippen LogP contribution in [0.3, 0.4) is 0 Å². The van der Waals surface area contributed by atoms with E-state index in [2.05, 4.69) is 10.6 Å². The SMILES string of the molecule is CCCC[C@H](N)C(=O)N[C@@H](CC(C)C)[C@@H](O)CC(=O)N[C@H](CO)[C@@H](C)CC. The van der Waals surface area contributed by atoms with Crippen LogP contribution in [0.5, 0.6) is 0 Å². The first-order valence-corrected chi connectivity index (χ1v) is 10.3. The molecule has 0 radical (unpaired) electrons. The highest BCUT2D eigenvalue weighted by Crippen LogP contribution is 2.13. The molecule has 0 unspecified atom stereocenters. The Kier molecular flexibility index (Phi) is 13.3. The van der Waals surface area contributed by atoms with Crippen LogP contribution in [-0.2, 0) is 9.59 Å². The Labute approximate surface area is 164 Å². The Morgan fingerprint density at radius 1 is 1.07 bits per heavy atom. The predicted octanol–water partition coefficient (Wildman–Crippen LogP) is 1.31. The monoisotopic (exact) mass is 387 g/mol. The summed E-state index contributed by atoms with van der Waals surface area (Å²) in [5, 5.41) is 25.6. The van der Waals surface area contributed by atoms with Crippen molar-refractivity contribution in [2.24, 2.45) is 17.6 Å². The van der Waals surface area contributed by atoms with Gasteiger partial charge in [0.2, 0.25) is 11.8 Å². The number of unbranched alkanes of at least 4 members (excludes halogenated alkanes) is 1. The number of hydrogen-bond acceptors (Lipinski definition) is 5. The maximum atomic E-state index is 12.3. The summed E-state index contributed by atoms with van der Waals surface area (Å²) >= 11 is 0. The maximum Gasteiger partial charge on any atom is 0.237 e. The lowest BCUT2D eigenvalue weighted by Crippen LogP contribution is -2.52. The summed E-state index contributed by atoms with van der Waals surface area (Å²) in [7, 11) is 0. The van der Waals surface area contributed by atoms with Crippen LogP contribution in [0.1, 0.15) is 73.1 Å². The van der Waals surface area contributed by atoms with Crippen molar-refractivity contribution in [2.45, 2.75) is 97.4 Å². The van der Waals surface area contributed by atoms with Crippen molar-refractivity contribution in [1.29, 1.82) is 0 Å². The lowest BCUT2D eigenvalue weighted by molar-refractivity contribution is -0.128. The normalized spacial score (nSPS) is 17.1. The van der Waals surface area contributed by atoms with Crippen LogP contribution in [0.4, 0.5) is 0 Å². The summed E-state index contributed by atoms with van der Waals surface area (Å²) in [5.74, 6) is -0.245. The van der Waals surface area contributed by atoms with E-state index in [0.29, 0.717) is 12.8 Å². The van der Waals surface area contributed by atoms with Gasteiger partial charge in [0.05, 0.1) is 37.3 Å². The van der Waals surface area contributed by atoms with Crippen molar-refractivity contribution < 1.29 is 19.8 Å². The van der Waals surface area contributed by atoms with Gasteiger partial charge in [-0.15, -0.1) is 0 Å². The lowest BCUT2D eigenvalue weighted by atomic mass is 9.95. The molecule has 160 valence electrons. The number of hydrogen-bond donors (Lipinski definition) is 5. The van der Waals surface area contributed by atoms with E-state index in [9.17, 15) is 19.8 Å². The molecule has 0 saturated carbocycles. The van der Waals surface area contributed by atoms with E-state index < -0.39 is 18.2 Å². The molecule has 0 aliphatic heterocycles. The van der Waals surface area contributed by atoms with Crippen molar-refractivity contribution >= 4 is 11.8 Å². The molecule has 0 spiro atoms. The average molecular weight is 388 g/mol. The Bertz CT molecular complexity index is 431. The molecule has 0 aliphatic carbocycles. The number of nitrogens with two attached hydrogens (primary N) is 1. The zero-order valence-corrected chi connectivity index (χ0v) is 17.7. The largest absolute Gasteiger partial charge is 0.394 e. The quantitative estimate of drug-likeness (QED) is 0.307. The first kappa shape index (κ1) is 25.8. The molecule has 7 heteroatoms. The van der Waals surface area contributed by atoms with Gasteiger partial charge in [-0.25, -0.2) is 0 Å². The minimum Gasteiger partial charge on any atom is -0.394 e. The zero-order chi connectivity index (χ0) is 21.0. The number of carbonyl (C=O) groups excluding carboxylic acids is 2. The second kappa shape index (κ2) is 13.9. The van der Waals surface area contributed by atoms with E-state index in [0.717, 1.165) is 19.3 Å². The van der Waals surface area contributed by atoms with Crippen LogP contribution >= 0.6 is 0 Å². The van der Waals surface area contributed by atoms with Crippen LogP contribution in [0.25, 0.3) is 0 Å². The standard InChI is InChI=1S/C20H41N3O4/c1-6-8-9-15(21)20(27)23-16(10-13(3)4)18(25)11-19(26)22-17(12-24)14(5)7-2/h13-18,24-25H,6-12,21H2,1-5H3,(H,22,26)(H,23,27)/t14-,15-,16-,17+,18-/m0/s1. The highest BCUT2D eigenvalue weighted by atomic mass is 16.3. The fourth-order valence-corrected chi connectivity index (χ4v) is 2.92. The van der Waals surface area contributed by atoms with Gasteiger partial charge in [-0.05, 0) is 24.7 Å². The molecule has 0 rings (SSSR count). The number of carbonyl (C=O) groups is 2. The molecule has 0 heterocycles. The molecule has 0 aromatic carbocycles.